The quantitative estimate of drug-likeness (QED) is 0.450. The van der Waals surface area contributed by atoms with Gasteiger partial charge in [-0.05, 0) is 12.8 Å². The molecule has 0 saturated carbocycles. The minimum absolute atomic E-state index is 0.486. The van der Waals surface area contributed by atoms with E-state index in [4.69, 9.17) is 4.74 Å². The van der Waals surface area contributed by atoms with Crippen molar-refractivity contribution in [3.63, 3.8) is 0 Å². The Kier molecular flexibility index (Phi) is 1.47. The summed E-state index contributed by atoms with van der Waals surface area (Å²) in [5.41, 5.74) is 0. The molecule has 0 aliphatic heterocycles. The first-order valence-corrected chi connectivity index (χ1v) is 2.61. The molecule has 0 aromatic carbocycles. The van der Waals surface area contributed by atoms with E-state index in [9.17, 15) is 0 Å². The van der Waals surface area contributed by atoms with Crippen molar-refractivity contribution in [2.45, 2.75) is 18.9 Å². The van der Waals surface area contributed by atoms with Crippen molar-refractivity contribution >= 4 is 0 Å². The molecule has 1 aliphatic rings. The topological polar surface area (TPSA) is 9.23 Å². The summed E-state index contributed by atoms with van der Waals surface area (Å²) < 4.78 is 5.05. The molecule has 1 rings (SSSR count). The Balaban J connectivity index is 2.22. The van der Waals surface area contributed by atoms with Crippen LogP contribution in [0.2, 0.25) is 0 Å². The minimum Gasteiger partial charge on any atom is -0.381 e. The molecular formula is C6H10O. The minimum atomic E-state index is 0.486. The highest BCUT2D eigenvalue weighted by Gasteiger charge is 2.05. The highest BCUT2D eigenvalue weighted by atomic mass is 16.5. The highest BCUT2D eigenvalue weighted by molar-refractivity contribution is 4.94. The van der Waals surface area contributed by atoms with Gasteiger partial charge in [0.25, 0.3) is 0 Å². The monoisotopic (exact) mass is 98.1 g/mol. The lowest BCUT2D eigenvalue weighted by atomic mass is 10.3. The van der Waals surface area contributed by atoms with Crippen molar-refractivity contribution in [3.8, 4) is 0 Å². The van der Waals surface area contributed by atoms with Crippen LogP contribution in [0.5, 0.6) is 0 Å². The van der Waals surface area contributed by atoms with E-state index in [1.807, 2.05) is 0 Å². The van der Waals surface area contributed by atoms with E-state index in [-0.39, 0.29) is 0 Å². The second kappa shape index (κ2) is 2.12. The van der Waals surface area contributed by atoms with Crippen LogP contribution in [0, 0.1) is 0 Å². The second-order valence-corrected chi connectivity index (χ2v) is 1.80. The van der Waals surface area contributed by atoms with Crippen LogP contribution in [0.1, 0.15) is 12.8 Å². The summed E-state index contributed by atoms with van der Waals surface area (Å²) in [4.78, 5) is 0. The van der Waals surface area contributed by atoms with Gasteiger partial charge >= 0.3 is 0 Å². The predicted molar refractivity (Wildman–Crippen MR) is 29.2 cm³/mol. The maximum Gasteiger partial charge on any atom is 0.0640 e. The average Bonchev–Trinajstić information content (AvgIpc) is 2.14. The van der Waals surface area contributed by atoms with E-state index in [0.717, 1.165) is 12.8 Å². The van der Waals surface area contributed by atoms with Crippen molar-refractivity contribution in [2.24, 2.45) is 0 Å². The summed E-state index contributed by atoms with van der Waals surface area (Å²) in [5.74, 6) is 0. The van der Waals surface area contributed by atoms with Crippen LogP contribution in [-0.2, 0) is 4.74 Å². The number of hydrogen-bond acceptors (Lipinski definition) is 1. The van der Waals surface area contributed by atoms with Crippen molar-refractivity contribution in [1.29, 1.82) is 0 Å². The van der Waals surface area contributed by atoms with Crippen LogP contribution in [0.4, 0.5) is 0 Å². The molecule has 0 bridgehead atoms. The molecule has 0 aromatic rings. The fourth-order valence-electron chi connectivity index (χ4n) is 0.785. The fourth-order valence-corrected chi connectivity index (χ4v) is 0.785. The van der Waals surface area contributed by atoms with Crippen LogP contribution in [0.25, 0.3) is 0 Å². The van der Waals surface area contributed by atoms with E-state index < -0.39 is 0 Å². The Morgan fingerprint density at radius 3 is 2.29 bits per heavy atom. The maximum atomic E-state index is 5.05. The van der Waals surface area contributed by atoms with Gasteiger partial charge in [0, 0.05) is 7.11 Å². The zero-order chi connectivity index (χ0) is 5.11. The maximum absolute atomic E-state index is 5.05. The van der Waals surface area contributed by atoms with Crippen molar-refractivity contribution in [1.82, 2.24) is 0 Å². The first kappa shape index (κ1) is 4.85. The van der Waals surface area contributed by atoms with E-state index >= 15 is 0 Å². The van der Waals surface area contributed by atoms with Gasteiger partial charge in [-0.2, -0.15) is 0 Å². The van der Waals surface area contributed by atoms with Gasteiger partial charge in [0.05, 0.1) is 6.10 Å². The van der Waals surface area contributed by atoms with Gasteiger partial charge in [-0.3, -0.25) is 0 Å². The fraction of sp³-hybridized carbons (Fsp3) is 0.667. The summed E-state index contributed by atoms with van der Waals surface area (Å²) in [7, 11) is 1.76. The molecule has 40 valence electrons. The van der Waals surface area contributed by atoms with Gasteiger partial charge in [-0.25, -0.2) is 0 Å². The Bertz CT molecular complexity index is 68.2. The molecule has 1 aliphatic carbocycles. The molecule has 0 fully saturated rings. The smallest absolute Gasteiger partial charge is 0.0640 e. The number of hydrogen-bond donors (Lipinski definition) is 0. The van der Waals surface area contributed by atoms with Crippen molar-refractivity contribution in [3.05, 3.63) is 12.2 Å². The standard InChI is InChI=1S/C6H10O/c1-7-6-4-2-3-5-6/h2-3,6H,4-5H2,1H3. The van der Waals surface area contributed by atoms with Crippen LogP contribution in [-0.4, -0.2) is 13.2 Å². The largest absolute Gasteiger partial charge is 0.381 e. The summed E-state index contributed by atoms with van der Waals surface area (Å²) in [5, 5.41) is 0. The van der Waals surface area contributed by atoms with Gasteiger partial charge in [-0.15, -0.1) is 0 Å². The Labute approximate surface area is 44.0 Å². The van der Waals surface area contributed by atoms with Crippen LogP contribution in [0.15, 0.2) is 12.2 Å². The molecule has 0 aromatic heterocycles. The Hall–Kier alpha value is -0.300. The first-order valence-electron chi connectivity index (χ1n) is 2.61. The molecule has 1 heteroatoms. The van der Waals surface area contributed by atoms with Crippen LogP contribution in [0.3, 0.4) is 0 Å². The van der Waals surface area contributed by atoms with E-state index in [1.165, 1.54) is 0 Å². The van der Waals surface area contributed by atoms with Crippen molar-refractivity contribution < 1.29 is 4.74 Å². The van der Waals surface area contributed by atoms with Gasteiger partial charge < -0.3 is 4.74 Å². The molecule has 0 spiro atoms. The molecule has 7 heavy (non-hydrogen) atoms. The van der Waals surface area contributed by atoms with Gasteiger partial charge in [-0.1, -0.05) is 12.2 Å². The molecule has 0 atom stereocenters. The summed E-state index contributed by atoms with van der Waals surface area (Å²) in [6.45, 7) is 0. The molecule has 0 saturated heterocycles. The van der Waals surface area contributed by atoms with Crippen molar-refractivity contribution in [2.75, 3.05) is 7.11 Å². The molecule has 0 amide bonds. The molecule has 0 N–H and O–H groups in total. The third-order valence-electron chi connectivity index (χ3n) is 1.30. The number of ether oxygens (including phenoxy) is 1. The van der Waals surface area contributed by atoms with Gasteiger partial charge in [0.1, 0.15) is 0 Å². The highest BCUT2D eigenvalue weighted by Crippen LogP contribution is 2.11. The Morgan fingerprint density at radius 1 is 1.43 bits per heavy atom. The van der Waals surface area contributed by atoms with E-state index in [0.29, 0.717) is 6.10 Å². The molecule has 1 nitrogen and oxygen atoms in total. The lowest BCUT2D eigenvalue weighted by molar-refractivity contribution is 0.114. The van der Waals surface area contributed by atoms with E-state index in [2.05, 4.69) is 12.2 Å². The zero-order valence-corrected chi connectivity index (χ0v) is 4.55. The third-order valence-corrected chi connectivity index (χ3v) is 1.30. The lowest BCUT2D eigenvalue weighted by Gasteiger charge is -2.02. The van der Waals surface area contributed by atoms with Crippen LogP contribution < -0.4 is 0 Å². The first-order chi connectivity index (χ1) is 3.43. The Morgan fingerprint density at radius 2 is 2.00 bits per heavy atom. The zero-order valence-electron chi connectivity index (χ0n) is 4.55. The third kappa shape index (κ3) is 1.03. The lowest BCUT2D eigenvalue weighted by Crippen LogP contribution is -2.02. The predicted octanol–water partition coefficient (Wildman–Crippen LogP) is 1.35. The second-order valence-electron chi connectivity index (χ2n) is 1.80. The summed E-state index contributed by atoms with van der Waals surface area (Å²) in [6.07, 6.45) is 7.02. The molecular weight excluding hydrogens is 88.1 g/mol. The number of methoxy groups -OCH3 is 1. The van der Waals surface area contributed by atoms with Gasteiger partial charge in [0.2, 0.25) is 0 Å². The average molecular weight is 98.1 g/mol. The molecule has 0 radical (unpaired) electrons. The number of rotatable bonds is 1. The summed E-state index contributed by atoms with van der Waals surface area (Å²) >= 11 is 0. The van der Waals surface area contributed by atoms with Crippen LogP contribution >= 0.6 is 0 Å². The van der Waals surface area contributed by atoms with E-state index in [1.54, 1.807) is 7.11 Å². The molecule has 0 unspecified atom stereocenters. The summed E-state index contributed by atoms with van der Waals surface area (Å²) in [6, 6.07) is 0. The molecule has 0 heterocycles. The van der Waals surface area contributed by atoms with Gasteiger partial charge in [0.15, 0.2) is 0 Å². The normalized spacial score (nSPS) is 21.3. The SMILES string of the molecule is COC1CC=CC1.